The standard InChI is InChI=1S/C13H21NO3/c1-4-13(9-15,10-16-2)14-11-6-5-7-12(8-11)17-3/h5-8,14-15H,4,9-10H2,1-3H3. The van der Waals surface area contributed by atoms with Gasteiger partial charge in [0.25, 0.3) is 0 Å². The molecular weight excluding hydrogens is 218 g/mol. The smallest absolute Gasteiger partial charge is 0.120 e. The van der Waals surface area contributed by atoms with Crippen LogP contribution in [-0.4, -0.2) is 38.1 Å². The number of hydrogen-bond acceptors (Lipinski definition) is 4. The molecular formula is C13H21NO3. The lowest BCUT2D eigenvalue weighted by Crippen LogP contribution is -2.45. The Bertz CT molecular complexity index is 337. The molecule has 0 radical (unpaired) electrons. The van der Waals surface area contributed by atoms with E-state index in [-0.39, 0.29) is 6.61 Å². The van der Waals surface area contributed by atoms with E-state index >= 15 is 0 Å². The fourth-order valence-electron chi connectivity index (χ4n) is 1.71. The van der Waals surface area contributed by atoms with Crippen molar-refractivity contribution in [2.75, 3.05) is 32.8 Å². The van der Waals surface area contributed by atoms with Crippen molar-refractivity contribution >= 4 is 5.69 Å². The molecule has 1 aromatic rings. The summed E-state index contributed by atoms with van der Waals surface area (Å²) in [7, 11) is 3.26. The Balaban J connectivity index is 2.84. The van der Waals surface area contributed by atoms with Crippen LogP contribution in [0.15, 0.2) is 24.3 Å². The Morgan fingerprint density at radius 3 is 2.65 bits per heavy atom. The molecule has 4 heteroatoms. The van der Waals surface area contributed by atoms with E-state index in [9.17, 15) is 5.11 Å². The topological polar surface area (TPSA) is 50.7 Å². The van der Waals surface area contributed by atoms with Crippen LogP contribution in [0.4, 0.5) is 5.69 Å². The zero-order chi connectivity index (χ0) is 12.7. The normalized spacial score (nSPS) is 14.1. The number of benzene rings is 1. The lowest BCUT2D eigenvalue weighted by atomic mass is 9.98. The number of rotatable bonds is 7. The van der Waals surface area contributed by atoms with Crippen LogP contribution in [0.2, 0.25) is 0 Å². The summed E-state index contributed by atoms with van der Waals surface area (Å²) in [5.41, 5.74) is 0.471. The SMILES string of the molecule is CCC(CO)(COC)Nc1cccc(OC)c1. The van der Waals surface area contributed by atoms with Gasteiger partial charge < -0.3 is 19.9 Å². The van der Waals surface area contributed by atoms with Crippen LogP contribution < -0.4 is 10.1 Å². The van der Waals surface area contributed by atoms with Crippen molar-refractivity contribution in [2.24, 2.45) is 0 Å². The number of aliphatic hydroxyl groups excluding tert-OH is 1. The quantitative estimate of drug-likeness (QED) is 0.763. The predicted octanol–water partition coefficient (Wildman–Crippen LogP) is 1.89. The molecule has 0 aromatic heterocycles. The number of hydrogen-bond donors (Lipinski definition) is 2. The second-order valence-corrected chi connectivity index (χ2v) is 4.08. The van der Waals surface area contributed by atoms with Gasteiger partial charge in [0.2, 0.25) is 0 Å². The minimum atomic E-state index is -0.443. The minimum absolute atomic E-state index is 0.0224. The van der Waals surface area contributed by atoms with E-state index in [2.05, 4.69) is 5.32 Å². The maximum atomic E-state index is 9.52. The summed E-state index contributed by atoms with van der Waals surface area (Å²) in [4.78, 5) is 0. The van der Waals surface area contributed by atoms with E-state index < -0.39 is 5.54 Å². The fraction of sp³-hybridized carbons (Fsp3) is 0.538. The van der Waals surface area contributed by atoms with Gasteiger partial charge in [-0.1, -0.05) is 13.0 Å². The van der Waals surface area contributed by atoms with Gasteiger partial charge in [-0.3, -0.25) is 0 Å². The van der Waals surface area contributed by atoms with Gasteiger partial charge in [0.1, 0.15) is 5.75 Å². The molecule has 1 atom stereocenters. The summed E-state index contributed by atoms with van der Waals surface area (Å²) in [6.45, 7) is 2.49. The molecule has 0 amide bonds. The highest BCUT2D eigenvalue weighted by Crippen LogP contribution is 2.22. The summed E-state index contributed by atoms with van der Waals surface area (Å²) >= 11 is 0. The van der Waals surface area contributed by atoms with Gasteiger partial charge in [0.05, 0.1) is 25.9 Å². The third-order valence-electron chi connectivity index (χ3n) is 2.88. The molecule has 0 saturated carbocycles. The van der Waals surface area contributed by atoms with E-state index in [0.29, 0.717) is 6.61 Å². The van der Waals surface area contributed by atoms with Crippen molar-refractivity contribution in [1.29, 1.82) is 0 Å². The van der Waals surface area contributed by atoms with E-state index in [1.807, 2.05) is 31.2 Å². The summed E-state index contributed by atoms with van der Waals surface area (Å²) in [5, 5.41) is 12.8. The zero-order valence-electron chi connectivity index (χ0n) is 10.7. The summed E-state index contributed by atoms with van der Waals surface area (Å²) in [5.74, 6) is 0.787. The predicted molar refractivity (Wildman–Crippen MR) is 68.6 cm³/mol. The highest BCUT2D eigenvalue weighted by Gasteiger charge is 2.27. The second-order valence-electron chi connectivity index (χ2n) is 4.08. The van der Waals surface area contributed by atoms with Crippen LogP contribution >= 0.6 is 0 Å². The molecule has 0 spiro atoms. The van der Waals surface area contributed by atoms with Crippen molar-refractivity contribution in [3.63, 3.8) is 0 Å². The molecule has 0 fully saturated rings. The zero-order valence-corrected chi connectivity index (χ0v) is 10.7. The van der Waals surface area contributed by atoms with Gasteiger partial charge in [0, 0.05) is 18.9 Å². The van der Waals surface area contributed by atoms with Crippen molar-refractivity contribution < 1.29 is 14.6 Å². The Labute approximate surface area is 103 Å². The van der Waals surface area contributed by atoms with Gasteiger partial charge in [0.15, 0.2) is 0 Å². The van der Waals surface area contributed by atoms with E-state index in [1.54, 1.807) is 14.2 Å². The number of nitrogens with one attached hydrogen (secondary N) is 1. The Morgan fingerprint density at radius 1 is 1.35 bits per heavy atom. The van der Waals surface area contributed by atoms with E-state index in [1.165, 1.54) is 0 Å². The van der Waals surface area contributed by atoms with Crippen molar-refractivity contribution in [3.05, 3.63) is 24.3 Å². The molecule has 2 N–H and O–H groups in total. The molecule has 0 aliphatic carbocycles. The number of anilines is 1. The molecule has 0 aliphatic heterocycles. The first-order valence-corrected chi connectivity index (χ1v) is 5.71. The van der Waals surface area contributed by atoms with Crippen LogP contribution in [-0.2, 0) is 4.74 Å². The van der Waals surface area contributed by atoms with Gasteiger partial charge in [-0.05, 0) is 18.6 Å². The highest BCUT2D eigenvalue weighted by atomic mass is 16.5. The highest BCUT2D eigenvalue weighted by molar-refractivity contribution is 5.50. The molecule has 0 heterocycles. The number of aliphatic hydroxyl groups is 1. The van der Waals surface area contributed by atoms with E-state index in [4.69, 9.17) is 9.47 Å². The Kier molecular flexibility index (Phi) is 5.25. The van der Waals surface area contributed by atoms with E-state index in [0.717, 1.165) is 17.9 Å². The van der Waals surface area contributed by atoms with Gasteiger partial charge in [-0.15, -0.1) is 0 Å². The number of methoxy groups -OCH3 is 2. The maximum absolute atomic E-state index is 9.52. The average Bonchev–Trinajstić information content (AvgIpc) is 2.38. The lowest BCUT2D eigenvalue weighted by molar-refractivity contribution is 0.0962. The molecule has 1 rings (SSSR count). The third kappa shape index (κ3) is 3.61. The van der Waals surface area contributed by atoms with Gasteiger partial charge in [-0.25, -0.2) is 0 Å². The van der Waals surface area contributed by atoms with Crippen LogP contribution in [0.3, 0.4) is 0 Å². The van der Waals surface area contributed by atoms with Gasteiger partial charge in [-0.2, -0.15) is 0 Å². The maximum Gasteiger partial charge on any atom is 0.120 e. The van der Waals surface area contributed by atoms with Crippen molar-refractivity contribution in [2.45, 2.75) is 18.9 Å². The first-order chi connectivity index (χ1) is 8.19. The van der Waals surface area contributed by atoms with Crippen molar-refractivity contribution in [1.82, 2.24) is 0 Å². The number of ether oxygens (including phenoxy) is 2. The van der Waals surface area contributed by atoms with Gasteiger partial charge >= 0.3 is 0 Å². The summed E-state index contributed by atoms with van der Waals surface area (Å²) < 4.78 is 10.3. The third-order valence-corrected chi connectivity index (χ3v) is 2.88. The molecule has 4 nitrogen and oxygen atoms in total. The summed E-state index contributed by atoms with van der Waals surface area (Å²) in [6.07, 6.45) is 0.772. The molecule has 1 aromatic carbocycles. The molecule has 0 aliphatic rings. The van der Waals surface area contributed by atoms with Crippen LogP contribution in [0.5, 0.6) is 5.75 Å². The minimum Gasteiger partial charge on any atom is -0.497 e. The largest absolute Gasteiger partial charge is 0.497 e. The lowest BCUT2D eigenvalue weighted by Gasteiger charge is -2.32. The van der Waals surface area contributed by atoms with Crippen LogP contribution in [0.25, 0.3) is 0 Å². The monoisotopic (exact) mass is 239 g/mol. The Morgan fingerprint density at radius 2 is 2.12 bits per heavy atom. The molecule has 96 valence electrons. The van der Waals surface area contributed by atoms with Crippen LogP contribution in [0.1, 0.15) is 13.3 Å². The molecule has 0 saturated heterocycles. The fourth-order valence-corrected chi connectivity index (χ4v) is 1.71. The molecule has 17 heavy (non-hydrogen) atoms. The summed E-state index contributed by atoms with van der Waals surface area (Å²) in [6, 6.07) is 7.63. The van der Waals surface area contributed by atoms with Crippen molar-refractivity contribution in [3.8, 4) is 5.75 Å². The average molecular weight is 239 g/mol. The first-order valence-electron chi connectivity index (χ1n) is 5.71. The Hall–Kier alpha value is -1.26. The molecule has 0 bridgehead atoms. The first kappa shape index (κ1) is 13.8. The van der Waals surface area contributed by atoms with Crippen LogP contribution in [0, 0.1) is 0 Å². The molecule has 1 unspecified atom stereocenters. The second kappa shape index (κ2) is 6.47.